The molecule has 0 rings (SSSR count). The summed E-state index contributed by atoms with van der Waals surface area (Å²) in [7, 11) is 10.2. The Kier molecular flexibility index (Phi) is 72.3. The number of hydrogen-bond acceptors (Lipinski definition) is 4. The van der Waals surface area contributed by atoms with Gasteiger partial charge in [0.25, 0.3) is 0 Å². The Bertz CT molecular complexity index is 1600. The molecule has 0 bridgehead atoms. The molecule has 0 heterocycles. The average molecular weight is 1150 g/mol. The van der Waals surface area contributed by atoms with Gasteiger partial charge in [-0.05, 0) is 115 Å². The van der Waals surface area contributed by atoms with Crippen LogP contribution in [0.3, 0.4) is 0 Å². The fourth-order valence-electron chi connectivity index (χ4n) is 7.17. The number of hydrogen-bond donors (Lipinski definition) is 0. The third-order valence-electron chi connectivity index (χ3n) is 12.0. The number of unbranched alkanes of at least 4 members (excludes halogenated alkanes) is 12. The molecule has 9 heteroatoms. The Balaban J connectivity index is -0.00000107. The van der Waals surface area contributed by atoms with Gasteiger partial charge in [0.1, 0.15) is 0 Å². The predicted molar refractivity (Wildman–Crippen MR) is 367 cm³/mol. The predicted octanol–water partition coefficient (Wildman–Crippen LogP) is 23.4. The molecule has 0 spiro atoms. The summed E-state index contributed by atoms with van der Waals surface area (Å²) < 4.78 is 21.8. The summed E-state index contributed by atoms with van der Waals surface area (Å²) in [5, 5.41) is 0. The molecular weight excluding hydrogens is 1040 g/mol. The Morgan fingerprint density at radius 1 is 0.351 bits per heavy atom. The zero-order valence-corrected chi connectivity index (χ0v) is 55.8. The van der Waals surface area contributed by atoms with Gasteiger partial charge in [0.2, 0.25) is 0 Å². The van der Waals surface area contributed by atoms with Crippen molar-refractivity contribution in [1.82, 2.24) is 0 Å². The van der Waals surface area contributed by atoms with Gasteiger partial charge in [-0.1, -0.05) is 297 Å². The van der Waals surface area contributed by atoms with E-state index in [2.05, 4.69) is 275 Å². The monoisotopic (exact) mass is 1150 g/mol. The smallest absolute Gasteiger partial charge is 0.0828 e. The molecule has 0 aromatic carbocycles. The van der Waals surface area contributed by atoms with E-state index < -0.39 is 0 Å². The first-order chi connectivity index (χ1) is 37.8. The van der Waals surface area contributed by atoms with Gasteiger partial charge >= 0.3 is 0 Å². The Hall–Kier alpha value is -1.91. The molecule has 0 saturated carbocycles. The maximum absolute atomic E-state index is 5.48. The summed E-state index contributed by atoms with van der Waals surface area (Å²) in [6, 6.07) is 0. The summed E-state index contributed by atoms with van der Waals surface area (Å²) in [6.07, 6.45) is 94.2. The minimum atomic E-state index is 0.0922. The van der Waals surface area contributed by atoms with E-state index in [1.165, 1.54) is 96.3 Å². The van der Waals surface area contributed by atoms with E-state index in [1.807, 2.05) is 0 Å². The van der Waals surface area contributed by atoms with Gasteiger partial charge in [-0.3, -0.25) is 0 Å². The topological polar surface area (TPSA) is 36.9 Å². The van der Waals surface area contributed by atoms with Crippen LogP contribution < -0.4 is 0 Å². The van der Waals surface area contributed by atoms with E-state index in [4.69, 9.17) is 18.1 Å². The van der Waals surface area contributed by atoms with Crippen molar-refractivity contribution in [3.63, 3.8) is 0 Å². The highest BCUT2D eigenvalue weighted by atomic mass is 32.0. The highest BCUT2D eigenvalue weighted by Crippen LogP contribution is 2.24. The van der Waals surface area contributed by atoms with E-state index in [1.54, 1.807) is 0 Å². The molecule has 11 atom stereocenters. The van der Waals surface area contributed by atoms with Crippen LogP contribution in [0.5, 0.6) is 0 Å². The maximum Gasteiger partial charge on any atom is 0.0828 e. The lowest BCUT2D eigenvalue weighted by Gasteiger charge is -2.17. The van der Waals surface area contributed by atoms with Crippen molar-refractivity contribution in [2.24, 2.45) is 11.8 Å². The summed E-state index contributed by atoms with van der Waals surface area (Å²) in [6.45, 7) is 17.6. The zero-order chi connectivity index (χ0) is 57.2. The van der Waals surface area contributed by atoms with Gasteiger partial charge in [0.05, 0.1) is 24.4 Å². The second-order valence-electron chi connectivity index (χ2n) is 19.3. The van der Waals surface area contributed by atoms with Crippen LogP contribution in [0.4, 0.5) is 0 Å². The average Bonchev–Trinajstić information content (AvgIpc) is 3.43. The third-order valence-corrected chi connectivity index (χ3v) is 13.9. The van der Waals surface area contributed by atoms with E-state index in [0.717, 1.165) is 57.8 Å². The highest BCUT2D eigenvalue weighted by Gasteiger charge is 2.12. The first-order valence-electron chi connectivity index (χ1n) is 29.8. The molecule has 438 valence electrons. The van der Waals surface area contributed by atoms with Crippen LogP contribution in [-0.4, -0.2) is 24.4 Å². The molecule has 0 radical (unpaired) electrons. The van der Waals surface area contributed by atoms with Crippen LogP contribution in [0.15, 0.2) is 182 Å². The van der Waals surface area contributed by atoms with Crippen LogP contribution in [0, 0.1) is 11.8 Å². The first-order valence-corrected chi connectivity index (χ1v) is 34.0. The van der Waals surface area contributed by atoms with Gasteiger partial charge in [-0.15, -0.1) is 0 Å². The largest absolute Gasteiger partial charge is 0.358 e. The van der Waals surface area contributed by atoms with Crippen molar-refractivity contribution >= 4 is 45.8 Å². The van der Waals surface area contributed by atoms with E-state index in [0.29, 0.717) is 20.3 Å². The number of allylic oxidation sites excluding steroid dienone is 25. The van der Waals surface area contributed by atoms with Crippen LogP contribution in [0.25, 0.3) is 0 Å². The summed E-state index contributed by atoms with van der Waals surface area (Å²) in [5.41, 5.74) is 0. The minimum Gasteiger partial charge on any atom is -0.358 e. The fourth-order valence-corrected chi connectivity index (χ4v) is 9.03. The normalized spacial score (nSPS) is 15.6. The molecule has 0 amide bonds. The molecule has 11 unspecified atom stereocenters. The Morgan fingerprint density at radius 3 is 1.12 bits per heavy atom. The van der Waals surface area contributed by atoms with Crippen LogP contribution >= 0.6 is 45.8 Å². The Labute approximate surface area is 489 Å². The second kappa shape index (κ2) is 70.2. The lowest BCUT2D eigenvalue weighted by molar-refractivity contribution is 0.222. The second-order valence-corrected chi connectivity index (χ2v) is 21.2. The van der Waals surface area contributed by atoms with Crippen molar-refractivity contribution in [1.29, 1.82) is 0 Å². The third kappa shape index (κ3) is 64.8. The van der Waals surface area contributed by atoms with Crippen molar-refractivity contribution < 1.29 is 18.1 Å². The SMILES string of the molecule is CC/C=C\CC(C)C(/C=C/C=C/C=C\C/C=C\CCCCCC)OP.CCC=CCC(C)C(C=C/C=C/C=C\CC=CCCCCCC)OP.CCCCCC/C=C\C/C=C\C=C\C(C/C=C\C/C=C\C(C)OPP)OP. The van der Waals surface area contributed by atoms with Gasteiger partial charge in [-0.2, -0.15) is 0 Å². The van der Waals surface area contributed by atoms with Crippen molar-refractivity contribution in [2.45, 2.75) is 234 Å². The van der Waals surface area contributed by atoms with Gasteiger partial charge < -0.3 is 18.1 Å². The molecule has 0 aliphatic heterocycles. The lowest BCUT2D eigenvalue weighted by Crippen LogP contribution is -2.14. The van der Waals surface area contributed by atoms with Crippen LogP contribution in [0.2, 0.25) is 0 Å². The molecule has 0 aromatic rings. The Morgan fingerprint density at radius 2 is 0.727 bits per heavy atom. The number of rotatable bonds is 47. The summed E-state index contributed by atoms with van der Waals surface area (Å²) in [5.74, 6) is 0.950. The molecule has 0 aliphatic rings. The van der Waals surface area contributed by atoms with Crippen LogP contribution in [-0.2, 0) is 18.1 Å². The molecule has 77 heavy (non-hydrogen) atoms. The molecule has 0 aliphatic carbocycles. The summed E-state index contributed by atoms with van der Waals surface area (Å²) >= 11 is 0. The van der Waals surface area contributed by atoms with Crippen molar-refractivity contribution in [3.8, 4) is 0 Å². The molecule has 4 nitrogen and oxygen atoms in total. The quantitative estimate of drug-likeness (QED) is 0.0263. The van der Waals surface area contributed by atoms with Crippen molar-refractivity contribution in [3.05, 3.63) is 182 Å². The van der Waals surface area contributed by atoms with Crippen LogP contribution in [0.1, 0.15) is 209 Å². The molecule has 0 N–H and O–H groups in total. The summed E-state index contributed by atoms with van der Waals surface area (Å²) in [4.78, 5) is 0. The first kappa shape index (κ1) is 79.3. The molecular formula is C68H117O4P5. The zero-order valence-electron chi connectivity index (χ0n) is 50.2. The molecule has 0 aromatic heterocycles. The standard InChI is InChI=1S/2C23H39OP.C22H39O2P3/c2*1-4-6-8-9-10-11-12-13-14-15-16-17-19-21-23(24-25)22(3)20-18-7-5-2;1-3-4-5-6-7-8-9-10-11-12-16-19-22(23-25)20-17-14-13-15-18-21(2)24-27-26/h2*7,11-12,14-19,21-23H,4-6,8-10,13,20,25H2,1-3H3;8-9,11-12,14-19,21-22,27H,3-7,10,13,20,25-26H2,1-2H3/b12-11?,15-14-,17-16+,18-7?,21-19?;12-11-,15-14-,17-16+,18-7-,21-19+;9-8-,12-11-,17-14-,18-15-,19-16+. The van der Waals surface area contributed by atoms with Gasteiger partial charge in [-0.25, -0.2) is 0 Å². The fraction of sp³-hybridized carbons (Fsp3) is 0.559. The lowest BCUT2D eigenvalue weighted by atomic mass is 10.00. The van der Waals surface area contributed by atoms with E-state index in [9.17, 15) is 0 Å². The van der Waals surface area contributed by atoms with E-state index in [-0.39, 0.29) is 24.4 Å². The van der Waals surface area contributed by atoms with Crippen molar-refractivity contribution in [2.75, 3.05) is 0 Å². The van der Waals surface area contributed by atoms with Gasteiger partial charge in [0.15, 0.2) is 0 Å². The molecule has 0 fully saturated rings. The highest BCUT2D eigenvalue weighted by molar-refractivity contribution is 8.00. The minimum absolute atomic E-state index is 0.0922. The van der Waals surface area contributed by atoms with E-state index >= 15 is 0 Å². The maximum atomic E-state index is 5.48. The van der Waals surface area contributed by atoms with Gasteiger partial charge in [0, 0.05) is 36.9 Å². The molecule has 0 saturated heterocycles.